The van der Waals surface area contributed by atoms with Crippen molar-refractivity contribution in [3.63, 3.8) is 0 Å². The summed E-state index contributed by atoms with van der Waals surface area (Å²) in [4.78, 5) is 12.2. The SMILES string of the molecule is CC(NC(=O)c1cc(O)ccc1Cl)c1ccccc1N. The van der Waals surface area contributed by atoms with E-state index in [-0.39, 0.29) is 28.3 Å². The Morgan fingerprint density at radius 2 is 2.00 bits per heavy atom. The molecule has 1 atom stereocenters. The number of phenolic OH excluding ortho intramolecular Hbond substituents is 1. The summed E-state index contributed by atoms with van der Waals surface area (Å²) in [7, 11) is 0. The van der Waals surface area contributed by atoms with Gasteiger partial charge in [-0.05, 0) is 36.8 Å². The number of phenols is 1. The minimum atomic E-state index is -0.360. The van der Waals surface area contributed by atoms with Crippen molar-refractivity contribution in [1.29, 1.82) is 0 Å². The van der Waals surface area contributed by atoms with E-state index in [2.05, 4.69) is 5.32 Å². The lowest BCUT2D eigenvalue weighted by molar-refractivity contribution is 0.0940. The molecule has 2 aromatic carbocycles. The normalized spacial score (nSPS) is 11.9. The first-order valence-electron chi connectivity index (χ1n) is 6.13. The Balaban J connectivity index is 2.20. The Hall–Kier alpha value is -2.20. The van der Waals surface area contributed by atoms with Gasteiger partial charge in [-0.15, -0.1) is 0 Å². The number of benzene rings is 2. The molecule has 0 heterocycles. The standard InChI is InChI=1S/C15H15ClN2O2/c1-9(11-4-2-3-5-14(11)17)18-15(20)12-8-10(19)6-7-13(12)16/h2-9,19H,17H2,1H3,(H,18,20). The Morgan fingerprint density at radius 3 is 2.70 bits per heavy atom. The van der Waals surface area contributed by atoms with Crippen LogP contribution in [0.1, 0.15) is 28.9 Å². The number of nitrogen functional groups attached to an aromatic ring is 1. The number of aromatic hydroxyl groups is 1. The van der Waals surface area contributed by atoms with Crippen LogP contribution in [-0.2, 0) is 0 Å². The van der Waals surface area contributed by atoms with Crippen molar-refractivity contribution in [2.75, 3.05) is 5.73 Å². The number of carbonyl (C=O) groups excluding carboxylic acids is 1. The Kier molecular flexibility index (Phi) is 4.15. The van der Waals surface area contributed by atoms with E-state index in [4.69, 9.17) is 17.3 Å². The number of amides is 1. The summed E-state index contributed by atoms with van der Waals surface area (Å²) in [5, 5.41) is 12.5. The van der Waals surface area contributed by atoms with Crippen LogP contribution in [0.2, 0.25) is 5.02 Å². The van der Waals surface area contributed by atoms with E-state index < -0.39 is 0 Å². The fourth-order valence-corrected chi connectivity index (χ4v) is 2.15. The van der Waals surface area contributed by atoms with Crippen molar-refractivity contribution in [2.45, 2.75) is 13.0 Å². The topological polar surface area (TPSA) is 75.3 Å². The molecule has 0 aliphatic heterocycles. The third kappa shape index (κ3) is 3.03. The first-order valence-corrected chi connectivity index (χ1v) is 6.50. The molecule has 20 heavy (non-hydrogen) atoms. The van der Waals surface area contributed by atoms with Gasteiger partial charge >= 0.3 is 0 Å². The van der Waals surface area contributed by atoms with Gasteiger partial charge in [-0.25, -0.2) is 0 Å². The first kappa shape index (κ1) is 14.2. The van der Waals surface area contributed by atoms with Crippen molar-refractivity contribution < 1.29 is 9.90 Å². The summed E-state index contributed by atoms with van der Waals surface area (Å²) in [6.45, 7) is 1.83. The molecular formula is C15H15ClN2O2. The second-order valence-electron chi connectivity index (χ2n) is 4.49. The molecular weight excluding hydrogens is 276 g/mol. The number of nitrogens with one attached hydrogen (secondary N) is 1. The molecule has 4 N–H and O–H groups in total. The zero-order chi connectivity index (χ0) is 14.7. The maximum absolute atomic E-state index is 12.2. The van der Waals surface area contributed by atoms with E-state index in [0.29, 0.717) is 5.69 Å². The summed E-state index contributed by atoms with van der Waals surface area (Å²) in [6.07, 6.45) is 0. The molecule has 0 spiro atoms. The number of hydrogen-bond donors (Lipinski definition) is 3. The molecule has 2 rings (SSSR count). The van der Waals surface area contributed by atoms with E-state index in [1.54, 1.807) is 6.07 Å². The molecule has 0 aliphatic carbocycles. The van der Waals surface area contributed by atoms with Gasteiger partial charge in [0.2, 0.25) is 0 Å². The van der Waals surface area contributed by atoms with Gasteiger partial charge in [-0.3, -0.25) is 4.79 Å². The molecule has 5 heteroatoms. The van der Waals surface area contributed by atoms with E-state index >= 15 is 0 Å². The molecule has 0 aromatic heterocycles. The Labute approximate surface area is 122 Å². The highest BCUT2D eigenvalue weighted by molar-refractivity contribution is 6.33. The summed E-state index contributed by atoms with van der Waals surface area (Å²) in [6, 6.07) is 11.3. The van der Waals surface area contributed by atoms with Crippen LogP contribution in [0, 0.1) is 0 Å². The van der Waals surface area contributed by atoms with Crippen LogP contribution >= 0.6 is 11.6 Å². The van der Waals surface area contributed by atoms with Crippen molar-refractivity contribution in [3.8, 4) is 5.75 Å². The second kappa shape index (κ2) is 5.84. The second-order valence-corrected chi connectivity index (χ2v) is 4.90. The zero-order valence-electron chi connectivity index (χ0n) is 10.9. The highest BCUT2D eigenvalue weighted by atomic mass is 35.5. The number of carbonyl (C=O) groups is 1. The van der Waals surface area contributed by atoms with Crippen LogP contribution in [0.4, 0.5) is 5.69 Å². The number of halogens is 1. The molecule has 0 aliphatic rings. The summed E-state index contributed by atoms with van der Waals surface area (Å²) < 4.78 is 0. The summed E-state index contributed by atoms with van der Waals surface area (Å²) >= 11 is 5.96. The number of rotatable bonds is 3. The van der Waals surface area contributed by atoms with E-state index in [1.807, 2.05) is 25.1 Å². The molecule has 0 fully saturated rings. The molecule has 1 unspecified atom stereocenters. The van der Waals surface area contributed by atoms with E-state index in [1.165, 1.54) is 18.2 Å². The van der Waals surface area contributed by atoms with Gasteiger partial charge in [0.15, 0.2) is 0 Å². The lowest BCUT2D eigenvalue weighted by atomic mass is 10.1. The third-order valence-corrected chi connectivity index (χ3v) is 3.33. The van der Waals surface area contributed by atoms with Gasteiger partial charge < -0.3 is 16.2 Å². The predicted molar refractivity (Wildman–Crippen MR) is 79.9 cm³/mol. The monoisotopic (exact) mass is 290 g/mol. The highest BCUT2D eigenvalue weighted by Crippen LogP contribution is 2.23. The predicted octanol–water partition coefficient (Wildman–Crippen LogP) is 3.12. The molecule has 104 valence electrons. The average Bonchev–Trinajstić information content (AvgIpc) is 2.41. The lowest BCUT2D eigenvalue weighted by Crippen LogP contribution is -2.27. The van der Waals surface area contributed by atoms with Crippen LogP contribution < -0.4 is 11.1 Å². The van der Waals surface area contributed by atoms with Gasteiger partial charge in [0.1, 0.15) is 5.75 Å². The minimum Gasteiger partial charge on any atom is -0.508 e. The smallest absolute Gasteiger partial charge is 0.253 e. The van der Waals surface area contributed by atoms with Crippen LogP contribution in [-0.4, -0.2) is 11.0 Å². The van der Waals surface area contributed by atoms with Gasteiger partial charge in [0.25, 0.3) is 5.91 Å². The quantitative estimate of drug-likeness (QED) is 0.760. The number of para-hydroxylation sites is 1. The van der Waals surface area contributed by atoms with E-state index in [9.17, 15) is 9.90 Å². The maximum atomic E-state index is 12.2. The minimum absolute atomic E-state index is 0.00794. The molecule has 0 saturated heterocycles. The lowest BCUT2D eigenvalue weighted by Gasteiger charge is -2.16. The molecule has 0 bridgehead atoms. The number of hydrogen-bond acceptors (Lipinski definition) is 3. The average molecular weight is 291 g/mol. The summed E-state index contributed by atoms with van der Waals surface area (Å²) in [5.41, 5.74) is 7.55. The fraction of sp³-hybridized carbons (Fsp3) is 0.133. The highest BCUT2D eigenvalue weighted by Gasteiger charge is 2.16. The van der Waals surface area contributed by atoms with Crippen molar-refractivity contribution in [3.05, 3.63) is 58.6 Å². The zero-order valence-corrected chi connectivity index (χ0v) is 11.7. The first-order chi connectivity index (χ1) is 9.49. The van der Waals surface area contributed by atoms with Gasteiger partial charge in [0, 0.05) is 5.69 Å². The third-order valence-electron chi connectivity index (χ3n) is 3.00. The van der Waals surface area contributed by atoms with Crippen molar-refractivity contribution in [1.82, 2.24) is 5.32 Å². The van der Waals surface area contributed by atoms with E-state index in [0.717, 1.165) is 5.56 Å². The van der Waals surface area contributed by atoms with Crippen LogP contribution in [0.25, 0.3) is 0 Å². The van der Waals surface area contributed by atoms with Gasteiger partial charge in [0.05, 0.1) is 16.6 Å². The largest absolute Gasteiger partial charge is 0.508 e. The Bertz CT molecular complexity index is 644. The molecule has 4 nitrogen and oxygen atoms in total. The van der Waals surface area contributed by atoms with Gasteiger partial charge in [-0.2, -0.15) is 0 Å². The van der Waals surface area contributed by atoms with Gasteiger partial charge in [-0.1, -0.05) is 29.8 Å². The fourth-order valence-electron chi connectivity index (χ4n) is 1.94. The van der Waals surface area contributed by atoms with Crippen LogP contribution in [0.15, 0.2) is 42.5 Å². The summed E-state index contributed by atoms with van der Waals surface area (Å²) in [5.74, 6) is -0.368. The van der Waals surface area contributed by atoms with Crippen molar-refractivity contribution in [2.24, 2.45) is 0 Å². The van der Waals surface area contributed by atoms with Crippen molar-refractivity contribution >= 4 is 23.2 Å². The van der Waals surface area contributed by atoms with Crippen LogP contribution in [0.3, 0.4) is 0 Å². The molecule has 2 aromatic rings. The van der Waals surface area contributed by atoms with Crippen LogP contribution in [0.5, 0.6) is 5.75 Å². The maximum Gasteiger partial charge on any atom is 0.253 e. The number of nitrogens with two attached hydrogens (primary N) is 1. The molecule has 0 saturated carbocycles. The molecule has 0 radical (unpaired) electrons. The Morgan fingerprint density at radius 1 is 1.30 bits per heavy atom. The molecule has 1 amide bonds. The number of anilines is 1.